The van der Waals surface area contributed by atoms with E-state index in [1.165, 1.54) is 5.69 Å². The highest BCUT2D eigenvalue weighted by Crippen LogP contribution is 2.15. The first-order valence-electron chi connectivity index (χ1n) is 4.99. The van der Waals surface area contributed by atoms with Crippen LogP contribution < -0.4 is 0 Å². The quantitative estimate of drug-likeness (QED) is 0.910. The van der Waals surface area contributed by atoms with Crippen LogP contribution in [-0.4, -0.2) is 33.8 Å². The molecule has 86 valence electrons. The number of likely N-dealkylation sites (N-methyl/N-ethyl adjacent to an activating group) is 1. The molecule has 0 saturated carbocycles. The Morgan fingerprint density at radius 2 is 2.13 bits per heavy atom. The average molecular weight is 275 g/mol. The highest BCUT2D eigenvalue weighted by Gasteiger charge is 2.16. The van der Waals surface area contributed by atoms with Crippen LogP contribution in [0.25, 0.3) is 0 Å². The Hall–Kier alpha value is -0.320. The molecule has 1 aromatic heterocycles. The molecule has 4 heteroatoms. The number of halogens is 1. The summed E-state index contributed by atoms with van der Waals surface area (Å²) < 4.78 is 3.18. The van der Waals surface area contributed by atoms with E-state index in [4.69, 9.17) is 0 Å². The Morgan fingerprint density at radius 1 is 1.53 bits per heavy atom. The molecular weight excluding hydrogens is 256 g/mol. The fraction of sp³-hybridized carbons (Fsp3) is 0.636. The first-order chi connectivity index (χ1) is 6.78. The van der Waals surface area contributed by atoms with Gasteiger partial charge in [0, 0.05) is 36.5 Å². The van der Waals surface area contributed by atoms with Gasteiger partial charge >= 0.3 is 0 Å². The fourth-order valence-corrected chi connectivity index (χ4v) is 2.29. The maximum Gasteiger partial charge on any atom is 0.0718 e. The van der Waals surface area contributed by atoms with Crippen LogP contribution in [0, 0.1) is 0 Å². The van der Waals surface area contributed by atoms with E-state index < -0.39 is 5.60 Å². The topological polar surface area (TPSA) is 28.4 Å². The molecule has 0 aliphatic rings. The maximum absolute atomic E-state index is 9.68. The summed E-state index contributed by atoms with van der Waals surface area (Å²) in [5.74, 6) is 0. The molecule has 1 heterocycles. The third-order valence-corrected chi connectivity index (χ3v) is 2.60. The van der Waals surface area contributed by atoms with Crippen LogP contribution in [0.5, 0.6) is 0 Å². The monoisotopic (exact) mass is 274 g/mol. The van der Waals surface area contributed by atoms with Crippen molar-refractivity contribution >= 4 is 15.9 Å². The minimum absolute atomic E-state index is 0.642. The van der Waals surface area contributed by atoms with Crippen LogP contribution in [-0.2, 0) is 13.6 Å². The number of aliphatic hydroxyl groups is 1. The van der Waals surface area contributed by atoms with Crippen LogP contribution in [0.1, 0.15) is 19.5 Å². The first kappa shape index (κ1) is 12.7. The third kappa shape index (κ3) is 4.36. The van der Waals surface area contributed by atoms with Gasteiger partial charge in [-0.25, -0.2) is 0 Å². The summed E-state index contributed by atoms with van der Waals surface area (Å²) in [4.78, 5) is 2.11. The Morgan fingerprint density at radius 3 is 2.53 bits per heavy atom. The zero-order chi connectivity index (χ0) is 11.6. The minimum Gasteiger partial charge on any atom is -0.389 e. The maximum atomic E-state index is 9.68. The van der Waals surface area contributed by atoms with Crippen molar-refractivity contribution in [2.75, 3.05) is 13.6 Å². The lowest BCUT2D eigenvalue weighted by Crippen LogP contribution is -2.36. The highest BCUT2D eigenvalue weighted by molar-refractivity contribution is 9.10. The molecule has 0 radical (unpaired) electrons. The number of nitrogens with zero attached hydrogens (tertiary/aromatic N) is 2. The van der Waals surface area contributed by atoms with Crippen LogP contribution in [0.4, 0.5) is 0 Å². The predicted molar refractivity (Wildman–Crippen MR) is 65.7 cm³/mol. The number of hydrogen-bond acceptors (Lipinski definition) is 2. The van der Waals surface area contributed by atoms with E-state index in [0.29, 0.717) is 6.54 Å². The summed E-state index contributed by atoms with van der Waals surface area (Å²) in [6.45, 7) is 5.15. The van der Waals surface area contributed by atoms with Gasteiger partial charge in [0.05, 0.1) is 5.60 Å². The van der Waals surface area contributed by atoms with Gasteiger partial charge in [0.15, 0.2) is 0 Å². The zero-order valence-corrected chi connectivity index (χ0v) is 11.4. The average Bonchev–Trinajstić information content (AvgIpc) is 2.25. The summed E-state index contributed by atoms with van der Waals surface area (Å²) in [5, 5.41) is 9.68. The van der Waals surface area contributed by atoms with Crippen LogP contribution in [0.3, 0.4) is 0 Å². The van der Waals surface area contributed by atoms with Crippen LogP contribution in [0.2, 0.25) is 0 Å². The van der Waals surface area contributed by atoms with E-state index >= 15 is 0 Å². The Bertz CT molecular complexity index is 328. The molecule has 0 fully saturated rings. The molecule has 0 saturated heterocycles. The van der Waals surface area contributed by atoms with Gasteiger partial charge in [0.1, 0.15) is 0 Å². The van der Waals surface area contributed by atoms with E-state index in [1.54, 1.807) is 0 Å². The Labute approximate surface area is 99.8 Å². The van der Waals surface area contributed by atoms with Gasteiger partial charge in [0.25, 0.3) is 0 Å². The lowest BCUT2D eigenvalue weighted by molar-refractivity contribution is 0.0419. The second-order valence-electron chi connectivity index (χ2n) is 4.75. The summed E-state index contributed by atoms with van der Waals surface area (Å²) in [6.07, 6.45) is 2.03. The van der Waals surface area contributed by atoms with Gasteiger partial charge < -0.3 is 9.67 Å². The fourth-order valence-electron chi connectivity index (χ4n) is 1.72. The van der Waals surface area contributed by atoms with Gasteiger partial charge in [0.2, 0.25) is 0 Å². The second-order valence-corrected chi connectivity index (χ2v) is 5.66. The smallest absolute Gasteiger partial charge is 0.0718 e. The summed E-state index contributed by atoms with van der Waals surface area (Å²) >= 11 is 3.45. The molecule has 15 heavy (non-hydrogen) atoms. The SMILES string of the molecule is CN(Cc1cc(Br)cn1C)CC(C)(C)O. The molecule has 1 aromatic rings. The molecule has 0 aliphatic carbocycles. The van der Waals surface area contributed by atoms with E-state index in [0.717, 1.165) is 11.0 Å². The molecule has 0 spiro atoms. The summed E-state index contributed by atoms with van der Waals surface area (Å²) in [5.41, 5.74) is 0.588. The molecule has 0 amide bonds. The standard InChI is InChI=1S/C11H19BrN2O/c1-11(2,15)8-13(3)7-10-5-9(12)6-14(10)4/h5-6,15H,7-8H2,1-4H3. The van der Waals surface area contributed by atoms with Crippen molar-refractivity contribution in [3.8, 4) is 0 Å². The van der Waals surface area contributed by atoms with Crippen molar-refractivity contribution < 1.29 is 5.11 Å². The van der Waals surface area contributed by atoms with Crippen LogP contribution >= 0.6 is 15.9 Å². The van der Waals surface area contributed by atoms with Gasteiger partial charge in [-0.15, -0.1) is 0 Å². The molecule has 1 N–H and O–H groups in total. The van der Waals surface area contributed by atoms with E-state index in [-0.39, 0.29) is 0 Å². The molecule has 0 bridgehead atoms. The van der Waals surface area contributed by atoms with Crippen molar-refractivity contribution in [1.29, 1.82) is 0 Å². The molecule has 0 atom stereocenters. The highest BCUT2D eigenvalue weighted by atomic mass is 79.9. The van der Waals surface area contributed by atoms with E-state index in [1.807, 2.05) is 34.1 Å². The van der Waals surface area contributed by atoms with Crippen molar-refractivity contribution in [2.45, 2.75) is 26.0 Å². The molecule has 0 aromatic carbocycles. The lowest BCUT2D eigenvalue weighted by Gasteiger charge is -2.25. The van der Waals surface area contributed by atoms with Crippen molar-refractivity contribution in [2.24, 2.45) is 7.05 Å². The molecular formula is C11H19BrN2O. The van der Waals surface area contributed by atoms with Crippen LogP contribution in [0.15, 0.2) is 16.7 Å². The predicted octanol–water partition coefficient (Wildman–Crippen LogP) is 1.99. The molecule has 0 unspecified atom stereocenters. The van der Waals surface area contributed by atoms with E-state index in [9.17, 15) is 5.11 Å². The first-order valence-corrected chi connectivity index (χ1v) is 5.79. The number of hydrogen-bond donors (Lipinski definition) is 1. The van der Waals surface area contributed by atoms with Crippen molar-refractivity contribution in [1.82, 2.24) is 9.47 Å². The third-order valence-electron chi connectivity index (χ3n) is 2.16. The normalized spacial score (nSPS) is 12.5. The van der Waals surface area contributed by atoms with E-state index in [2.05, 4.69) is 31.5 Å². The number of aromatic nitrogens is 1. The van der Waals surface area contributed by atoms with Crippen molar-refractivity contribution in [3.63, 3.8) is 0 Å². The Kier molecular flexibility index (Phi) is 3.98. The molecule has 0 aliphatic heterocycles. The second kappa shape index (κ2) is 4.68. The Balaban J connectivity index is 2.58. The minimum atomic E-state index is -0.642. The van der Waals surface area contributed by atoms with Gasteiger partial charge in [-0.3, -0.25) is 4.90 Å². The number of aryl methyl sites for hydroxylation is 1. The molecule has 1 rings (SSSR count). The summed E-state index contributed by atoms with van der Waals surface area (Å²) in [6, 6.07) is 2.10. The zero-order valence-electron chi connectivity index (χ0n) is 9.79. The number of rotatable bonds is 4. The summed E-state index contributed by atoms with van der Waals surface area (Å²) in [7, 11) is 4.04. The van der Waals surface area contributed by atoms with Gasteiger partial charge in [-0.05, 0) is 42.9 Å². The largest absolute Gasteiger partial charge is 0.389 e. The molecule has 3 nitrogen and oxygen atoms in total. The van der Waals surface area contributed by atoms with Crippen molar-refractivity contribution in [3.05, 3.63) is 22.4 Å². The van der Waals surface area contributed by atoms with Gasteiger partial charge in [-0.2, -0.15) is 0 Å². The van der Waals surface area contributed by atoms with Gasteiger partial charge in [-0.1, -0.05) is 0 Å². The lowest BCUT2D eigenvalue weighted by atomic mass is 10.1.